The van der Waals surface area contributed by atoms with Crippen LogP contribution in [-0.4, -0.2) is 45.5 Å². The second-order valence-corrected chi connectivity index (χ2v) is 3.26. The average Bonchev–Trinajstić information content (AvgIpc) is 2.77. The summed E-state index contributed by atoms with van der Waals surface area (Å²) in [6.45, 7) is 1.05. The maximum absolute atomic E-state index is 11.4. The summed E-state index contributed by atoms with van der Waals surface area (Å²) in [6.07, 6.45) is 0.0846. The third kappa shape index (κ3) is 3.09. The first kappa shape index (κ1) is 11.8. The fourth-order valence-corrected chi connectivity index (χ4v) is 1.50. The molecule has 86 valence electrons. The van der Waals surface area contributed by atoms with E-state index in [9.17, 15) is 9.59 Å². The number of ether oxygens (including phenoxy) is 3. The van der Waals surface area contributed by atoms with E-state index >= 15 is 0 Å². The highest BCUT2D eigenvalue weighted by Gasteiger charge is 2.33. The molecule has 6 nitrogen and oxygen atoms in total. The van der Waals surface area contributed by atoms with Gasteiger partial charge >= 0.3 is 12.1 Å². The van der Waals surface area contributed by atoms with Crippen molar-refractivity contribution in [3.8, 4) is 0 Å². The van der Waals surface area contributed by atoms with Crippen LogP contribution in [0.15, 0.2) is 0 Å². The van der Waals surface area contributed by atoms with Crippen molar-refractivity contribution >= 4 is 12.1 Å². The quantitative estimate of drug-likeness (QED) is 0.669. The number of amides is 1. The lowest BCUT2D eigenvalue weighted by Gasteiger charge is -2.20. The summed E-state index contributed by atoms with van der Waals surface area (Å²) >= 11 is 0. The average molecular weight is 217 g/mol. The summed E-state index contributed by atoms with van der Waals surface area (Å²) in [6, 6.07) is -0.690. The number of hydrogen-bond donors (Lipinski definition) is 1. The van der Waals surface area contributed by atoms with Gasteiger partial charge < -0.3 is 19.5 Å². The summed E-state index contributed by atoms with van der Waals surface area (Å²) in [5, 5.41) is 2.44. The number of methoxy groups -OCH3 is 2. The molecule has 0 radical (unpaired) electrons. The van der Waals surface area contributed by atoms with Crippen molar-refractivity contribution in [2.75, 3.05) is 27.4 Å². The Hall–Kier alpha value is -1.30. The minimum Gasteiger partial charge on any atom is -0.467 e. The molecular formula is C9H15NO5. The Morgan fingerprint density at radius 2 is 2.13 bits per heavy atom. The fraction of sp³-hybridized carbons (Fsp3) is 0.778. The lowest BCUT2D eigenvalue weighted by Crippen LogP contribution is -2.46. The lowest BCUT2D eigenvalue weighted by atomic mass is 9.99. The van der Waals surface area contributed by atoms with E-state index in [0.29, 0.717) is 13.2 Å². The van der Waals surface area contributed by atoms with Crippen molar-refractivity contribution in [3.05, 3.63) is 0 Å². The number of alkyl carbamates (subject to hydrolysis) is 1. The zero-order valence-corrected chi connectivity index (χ0v) is 8.82. The Labute approximate surface area is 87.9 Å². The zero-order chi connectivity index (χ0) is 11.3. The highest BCUT2D eigenvalue weighted by atomic mass is 16.5. The van der Waals surface area contributed by atoms with Crippen LogP contribution in [0.25, 0.3) is 0 Å². The van der Waals surface area contributed by atoms with E-state index in [2.05, 4.69) is 14.8 Å². The maximum atomic E-state index is 11.4. The van der Waals surface area contributed by atoms with Gasteiger partial charge in [0, 0.05) is 12.5 Å². The van der Waals surface area contributed by atoms with Gasteiger partial charge in [-0.3, -0.25) is 0 Å². The van der Waals surface area contributed by atoms with Gasteiger partial charge in [-0.05, 0) is 6.42 Å². The zero-order valence-electron chi connectivity index (χ0n) is 8.82. The third-order valence-corrected chi connectivity index (χ3v) is 2.35. The summed E-state index contributed by atoms with van der Waals surface area (Å²) < 4.78 is 14.2. The van der Waals surface area contributed by atoms with Gasteiger partial charge in [0.25, 0.3) is 0 Å². The molecule has 1 rings (SSSR count). The first-order valence-corrected chi connectivity index (χ1v) is 4.69. The lowest BCUT2D eigenvalue weighted by molar-refractivity contribution is -0.144. The van der Waals surface area contributed by atoms with Crippen molar-refractivity contribution < 1.29 is 23.8 Å². The molecular weight excluding hydrogens is 202 g/mol. The van der Waals surface area contributed by atoms with Crippen LogP contribution >= 0.6 is 0 Å². The van der Waals surface area contributed by atoms with Gasteiger partial charge in [0.15, 0.2) is 0 Å². The summed E-state index contributed by atoms with van der Waals surface area (Å²) in [7, 11) is 2.53. The fourth-order valence-electron chi connectivity index (χ4n) is 1.50. The van der Waals surface area contributed by atoms with Crippen molar-refractivity contribution in [3.63, 3.8) is 0 Å². The van der Waals surface area contributed by atoms with Crippen LogP contribution in [0.4, 0.5) is 4.79 Å². The van der Waals surface area contributed by atoms with Gasteiger partial charge in [0.05, 0.1) is 20.8 Å². The van der Waals surface area contributed by atoms with Crippen molar-refractivity contribution in [1.29, 1.82) is 0 Å². The molecule has 0 aromatic carbocycles. The molecule has 1 fully saturated rings. The minimum absolute atomic E-state index is 0.0449. The third-order valence-electron chi connectivity index (χ3n) is 2.35. The van der Waals surface area contributed by atoms with Crippen LogP contribution in [0.1, 0.15) is 6.42 Å². The Kier molecular flexibility index (Phi) is 4.36. The molecule has 2 atom stereocenters. The van der Waals surface area contributed by atoms with Crippen LogP contribution < -0.4 is 5.32 Å². The maximum Gasteiger partial charge on any atom is 0.407 e. The van der Waals surface area contributed by atoms with Crippen LogP contribution in [0.5, 0.6) is 0 Å². The van der Waals surface area contributed by atoms with Gasteiger partial charge in [0.2, 0.25) is 0 Å². The molecule has 0 saturated carbocycles. The molecule has 6 heteroatoms. The van der Waals surface area contributed by atoms with E-state index in [1.54, 1.807) is 0 Å². The molecule has 0 aliphatic carbocycles. The molecule has 0 aromatic heterocycles. The first-order chi connectivity index (χ1) is 7.19. The van der Waals surface area contributed by atoms with Crippen LogP contribution in [0.2, 0.25) is 0 Å². The SMILES string of the molecule is COC(=O)NC(C(=O)OC)C1CCOC1. The number of esters is 1. The van der Waals surface area contributed by atoms with Gasteiger partial charge in [-0.2, -0.15) is 0 Å². The minimum atomic E-state index is -0.690. The summed E-state index contributed by atoms with van der Waals surface area (Å²) in [5.74, 6) is -0.521. The first-order valence-electron chi connectivity index (χ1n) is 4.69. The molecule has 2 unspecified atom stereocenters. The van der Waals surface area contributed by atoms with Gasteiger partial charge in [0.1, 0.15) is 6.04 Å². The second-order valence-electron chi connectivity index (χ2n) is 3.26. The summed E-state index contributed by atoms with van der Waals surface area (Å²) in [5.41, 5.74) is 0. The molecule has 15 heavy (non-hydrogen) atoms. The van der Waals surface area contributed by atoms with E-state index < -0.39 is 18.1 Å². The second kappa shape index (κ2) is 5.55. The predicted octanol–water partition coefficient (Wildman–Crippen LogP) is -0.0795. The number of carbonyl (C=O) groups is 2. The van der Waals surface area contributed by atoms with E-state index in [0.717, 1.165) is 6.42 Å². The predicted molar refractivity (Wildman–Crippen MR) is 50.3 cm³/mol. The Balaban J connectivity index is 2.59. The van der Waals surface area contributed by atoms with Gasteiger partial charge in [-0.1, -0.05) is 0 Å². The molecule has 1 amide bonds. The van der Waals surface area contributed by atoms with Crippen molar-refractivity contribution in [1.82, 2.24) is 5.32 Å². The highest BCUT2D eigenvalue weighted by Crippen LogP contribution is 2.17. The molecule has 0 bridgehead atoms. The standard InChI is InChI=1S/C9H15NO5/c1-13-8(11)7(10-9(12)14-2)6-3-4-15-5-6/h6-7H,3-5H2,1-2H3,(H,10,12). The molecule has 1 aliphatic heterocycles. The van der Waals surface area contributed by atoms with Crippen molar-refractivity contribution in [2.24, 2.45) is 5.92 Å². The Bertz CT molecular complexity index is 237. The summed E-state index contributed by atoms with van der Waals surface area (Å²) in [4.78, 5) is 22.4. The molecule has 0 spiro atoms. The van der Waals surface area contributed by atoms with Gasteiger partial charge in [-0.15, -0.1) is 0 Å². The van der Waals surface area contributed by atoms with E-state index in [-0.39, 0.29) is 5.92 Å². The van der Waals surface area contributed by atoms with Crippen LogP contribution in [-0.2, 0) is 19.0 Å². The largest absolute Gasteiger partial charge is 0.467 e. The van der Waals surface area contributed by atoms with E-state index in [1.165, 1.54) is 14.2 Å². The van der Waals surface area contributed by atoms with Gasteiger partial charge in [-0.25, -0.2) is 9.59 Å². The van der Waals surface area contributed by atoms with Crippen LogP contribution in [0, 0.1) is 5.92 Å². The number of nitrogens with one attached hydrogen (secondary N) is 1. The topological polar surface area (TPSA) is 73.9 Å². The normalized spacial score (nSPS) is 21.9. The van der Waals surface area contributed by atoms with E-state index in [4.69, 9.17) is 4.74 Å². The monoisotopic (exact) mass is 217 g/mol. The smallest absolute Gasteiger partial charge is 0.407 e. The number of carbonyl (C=O) groups excluding carboxylic acids is 2. The van der Waals surface area contributed by atoms with E-state index in [1.807, 2.05) is 0 Å². The molecule has 0 aromatic rings. The molecule has 1 saturated heterocycles. The Morgan fingerprint density at radius 1 is 1.40 bits per heavy atom. The number of rotatable bonds is 3. The molecule has 1 aliphatic rings. The Morgan fingerprint density at radius 3 is 2.60 bits per heavy atom. The number of hydrogen-bond acceptors (Lipinski definition) is 5. The van der Waals surface area contributed by atoms with Crippen LogP contribution in [0.3, 0.4) is 0 Å². The molecule has 1 heterocycles. The molecule has 1 N–H and O–H groups in total. The van der Waals surface area contributed by atoms with Crippen molar-refractivity contribution in [2.45, 2.75) is 12.5 Å². The highest BCUT2D eigenvalue weighted by molar-refractivity contribution is 5.81.